The Labute approximate surface area is 139 Å². The predicted molar refractivity (Wildman–Crippen MR) is 82.8 cm³/mol. The SMILES string of the molecule is Cc1nn(C(F)F)c(C)c1CC(=O)N1CCC(C(=O)O)(C(C)C)C1. The van der Waals surface area contributed by atoms with Gasteiger partial charge in [0.05, 0.1) is 17.5 Å². The van der Waals surface area contributed by atoms with Gasteiger partial charge in [-0.3, -0.25) is 9.59 Å². The standard InChI is InChI=1S/C16H23F2N3O3/c1-9(2)16(14(23)24)5-6-20(8-16)13(22)7-12-10(3)19-21(11(12)4)15(17)18/h9,15H,5-8H2,1-4H3,(H,23,24). The lowest BCUT2D eigenvalue weighted by atomic mass is 9.76. The van der Waals surface area contributed by atoms with Crippen LogP contribution in [-0.4, -0.2) is 44.8 Å². The van der Waals surface area contributed by atoms with Gasteiger partial charge in [0.1, 0.15) is 0 Å². The molecule has 1 atom stereocenters. The van der Waals surface area contributed by atoms with Crippen LogP contribution in [0.5, 0.6) is 0 Å². The Kier molecular flexibility index (Phi) is 4.96. The summed E-state index contributed by atoms with van der Waals surface area (Å²) in [5.74, 6) is -1.25. The second-order valence-electron chi connectivity index (χ2n) is 6.73. The number of aliphatic carboxylic acids is 1. The first kappa shape index (κ1) is 18.4. The van der Waals surface area contributed by atoms with Gasteiger partial charge in [0, 0.05) is 24.3 Å². The summed E-state index contributed by atoms with van der Waals surface area (Å²) < 4.78 is 26.4. The number of hydrogen-bond acceptors (Lipinski definition) is 3. The number of halogens is 2. The molecule has 0 aromatic carbocycles. The highest BCUT2D eigenvalue weighted by atomic mass is 19.3. The highest BCUT2D eigenvalue weighted by Crippen LogP contribution is 2.38. The summed E-state index contributed by atoms with van der Waals surface area (Å²) in [5.41, 5.74) is 0.210. The minimum atomic E-state index is -2.75. The van der Waals surface area contributed by atoms with Crippen molar-refractivity contribution in [2.75, 3.05) is 13.1 Å². The Balaban J connectivity index is 2.16. The van der Waals surface area contributed by atoms with Crippen LogP contribution in [0.15, 0.2) is 0 Å². The van der Waals surface area contributed by atoms with Crippen molar-refractivity contribution in [1.29, 1.82) is 0 Å². The first-order chi connectivity index (χ1) is 11.1. The number of hydrogen-bond donors (Lipinski definition) is 1. The summed E-state index contributed by atoms with van der Waals surface area (Å²) in [5, 5.41) is 13.3. The number of likely N-dealkylation sites (tertiary alicyclic amines) is 1. The molecular weight excluding hydrogens is 320 g/mol. The molecule has 134 valence electrons. The fraction of sp³-hybridized carbons (Fsp3) is 0.688. The number of carbonyl (C=O) groups is 2. The Hall–Kier alpha value is -1.99. The highest BCUT2D eigenvalue weighted by Gasteiger charge is 2.48. The summed E-state index contributed by atoms with van der Waals surface area (Å²) in [4.78, 5) is 25.7. The average molecular weight is 343 g/mol. The molecule has 0 bridgehead atoms. The lowest BCUT2D eigenvalue weighted by Crippen LogP contribution is -2.41. The van der Waals surface area contributed by atoms with Gasteiger partial charge < -0.3 is 10.0 Å². The van der Waals surface area contributed by atoms with Crippen molar-refractivity contribution in [2.45, 2.75) is 47.1 Å². The number of aromatic nitrogens is 2. The highest BCUT2D eigenvalue weighted by molar-refractivity contribution is 5.82. The summed E-state index contributed by atoms with van der Waals surface area (Å²) in [6, 6.07) is 0. The van der Waals surface area contributed by atoms with Crippen LogP contribution < -0.4 is 0 Å². The molecule has 1 unspecified atom stereocenters. The molecular formula is C16H23F2N3O3. The molecule has 1 fully saturated rings. The molecule has 2 rings (SSSR count). The first-order valence-corrected chi connectivity index (χ1v) is 7.94. The van der Waals surface area contributed by atoms with Crippen LogP contribution in [0.4, 0.5) is 8.78 Å². The van der Waals surface area contributed by atoms with Gasteiger partial charge in [0.15, 0.2) is 0 Å². The lowest BCUT2D eigenvalue weighted by Gasteiger charge is -2.28. The van der Waals surface area contributed by atoms with E-state index < -0.39 is 17.9 Å². The van der Waals surface area contributed by atoms with Crippen LogP contribution in [-0.2, 0) is 16.0 Å². The Morgan fingerprint density at radius 2 is 1.96 bits per heavy atom. The molecule has 1 N–H and O–H groups in total. The van der Waals surface area contributed by atoms with Gasteiger partial charge in [-0.1, -0.05) is 13.8 Å². The Morgan fingerprint density at radius 3 is 2.38 bits per heavy atom. The van der Waals surface area contributed by atoms with Crippen molar-refractivity contribution < 1.29 is 23.5 Å². The maximum atomic E-state index is 12.9. The average Bonchev–Trinajstić information content (AvgIpc) is 3.05. The van der Waals surface area contributed by atoms with Gasteiger partial charge in [0.2, 0.25) is 5.91 Å². The van der Waals surface area contributed by atoms with E-state index in [1.165, 1.54) is 11.8 Å². The van der Waals surface area contributed by atoms with Gasteiger partial charge in [-0.2, -0.15) is 13.9 Å². The van der Waals surface area contributed by atoms with E-state index in [2.05, 4.69) is 5.10 Å². The van der Waals surface area contributed by atoms with Gasteiger partial charge >= 0.3 is 12.5 Å². The van der Waals surface area contributed by atoms with Crippen molar-refractivity contribution in [3.05, 3.63) is 17.0 Å². The third-order valence-electron chi connectivity index (χ3n) is 5.17. The maximum absolute atomic E-state index is 12.9. The number of nitrogens with zero attached hydrogens (tertiary/aromatic N) is 3. The smallest absolute Gasteiger partial charge is 0.333 e. The molecule has 6 nitrogen and oxygen atoms in total. The monoisotopic (exact) mass is 343 g/mol. The summed E-state index contributed by atoms with van der Waals surface area (Å²) in [7, 11) is 0. The molecule has 1 aliphatic rings. The van der Waals surface area contributed by atoms with Gasteiger partial charge in [0.25, 0.3) is 0 Å². The lowest BCUT2D eigenvalue weighted by molar-refractivity contribution is -0.151. The van der Waals surface area contributed by atoms with E-state index in [0.717, 1.165) is 0 Å². The summed E-state index contributed by atoms with van der Waals surface area (Å²) in [6.45, 7) is 4.54. The number of alkyl halides is 2. The molecule has 1 aromatic heterocycles. The second-order valence-corrected chi connectivity index (χ2v) is 6.73. The second kappa shape index (κ2) is 6.49. The number of carbonyl (C=O) groups excluding carboxylic acids is 1. The van der Waals surface area contributed by atoms with E-state index in [0.29, 0.717) is 28.9 Å². The zero-order valence-electron chi connectivity index (χ0n) is 14.3. The minimum absolute atomic E-state index is 0.0435. The molecule has 24 heavy (non-hydrogen) atoms. The molecule has 1 aromatic rings. The minimum Gasteiger partial charge on any atom is -0.481 e. The molecule has 0 aliphatic carbocycles. The van der Waals surface area contributed by atoms with Gasteiger partial charge in [-0.05, 0) is 26.2 Å². The molecule has 0 saturated carbocycles. The number of aryl methyl sites for hydroxylation is 1. The van der Waals surface area contributed by atoms with Crippen molar-refractivity contribution in [1.82, 2.24) is 14.7 Å². The first-order valence-electron chi connectivity index (χ1n) is 7.94. The van der Waals surface area contributed by atoms with E-state index in [-0.39, 0.29) is 30.5 Å². The van der Waals surface area contributed by atoms with E-state index >= 15 is 0 Å². The fourth-order valence-electron chi connectivity index (χ4n) is 3.34. The van der Waals surface area contributed by atoms with E-state index in [1.54, 1.807) is 6.92 Å². The zero-order valence-corrected chi connectivity index (χ0v) is 14.3. The summed E-state index contributed by atoms with van der Waals surface area (Å²) in [6.07, 6.45) is 0.359. The van der Waals surface area contributed by atoms with Crippen molar-refractivity contribution in [3.63, 3.8) is 0 Å². The van der Waals surface area contributed by atoms with E-state index in [1.807, 2.05) is 13.8 Å². The molecule has 1 aliphatic heterocycles. The largest absolute Gasteiger partial charge is 0.481 e. The van der Waals surface area contributed by atoms with Crippen molar-refractivity contribution in [3.8, 4) is 0 Å². The van der Waals surface area contributed by atoms with Gasteiger partial charge in [-0.15, -0.1) is 0 Å². The Bertz CT molecular complexity index is 657. The molecule has 1 saturated heterocycles. The van der Waals surface area contributed by atoms with E-state index in [9.17, 15) is 23.5 Å². The number of amides is 1. The maximum Gasteiger partial charge on any atom is 0.333 e. The zero-order chi connectivity index (χ0) is 18.2. The van der Waals surface area contributed by atoms with Crippen molar-refractivity contribution in [2.24, 2.45) is 11.3 Å². The molecule has 0 radical (unpaired) electrons. The Morgan fingerprint density at radius 1 is 1.33 bits per heavy atom. The topological polar surface area (TPSA) is 75.4 Å². The normalized spacial score (nSPS) is 21.1. The molecule has 8 heteroatoms. The number of rotatable bonds is 5. The number of carboxylic acid groups (broad SMARTS) is 1. The van der Waals surface area contributed by atoms with Crippen LogP contribution in [0, 0.1) is 25.2 Å². The predicted octanol–water partition coefficient (Wildman–Crippen LogP) is 2.40. The van der Waals surface area contributed by atoms with Crippen LogP contribution in [0.25, 0.3) is 0 Å². The molecule has 1 amide bonds. The van der Waals surface area contributed by atoms with Crippen LogP contribution in [0.2, 0.25) is 0 Å². The fourth-order valence-corrected chi connectivity index (χ4v) is 3.34. The van der Waals surface area contributed by atoms with Crippen LogP contribution in [0.1, 0.15) is 43.8 Å². The van der Waals surface area contributed by atoms with Crippen molar-refractivity contribution >= 4 is 11.9 Å². The molecule has 0 spiro atoms. The quantitative estimate of drug-likeness (QED) is 0.891. The summed E-state index contributed by atoms with van der Waals surface area (Å²) >= 11 is 0. The van der Waals surface area contributed by atoms with Crippen LogP contribution in [0.3, 0.4) is 0 Å². The van der Waals surface area contributed by atoms with Gasteiger partial charge in [-0.25, -0.2) is 4.68 Å². The van der Waals surface area contributed by atoms with E-state index in [4.69, 9.17) is 0 Å². The number of carboxylic acids is 1. The third kappa shape index (κ3) is 3.01. The van der Waals surface area contributed by atoms with Crippen LogP contribution >= 0.6 is 0 Å². The molecule has 2 heterocycles. The third-order valence-corrected chi connectivity index (χ3v) is 5.17.